The van der Waals surface area contributed by atoms with Crippen LogP contribution in [0, 0.1) is 11.3 Å². The standard InChI is InChI=1S/C23H32N2O/c1-24-14-7-3-6-11-20-21(24)18(17-9-4-2-5-10-17)16-25(20)22(26)19-15-23(19)12-8-13-23/h2,4-5,9-10,18-21H,3,6-8,11-16H2,1H3/t18-,19?,20+,21-/m0/s1. The van der Waals surface area contributed by atoms with Crippen LogP contribution in [0.4, 0.5) is 0 Å². The Morgan fingerprint density at radius 2 is 1.88 bits per heavy atom. The van der Waals surface area contributed by atoms with Gasteiger partial charge in [-0.05, 0) is 56.7 Å². The highest BCUT2D eigenvalue weighted by molar-refractivity contribution is 5.84. The number of rotatable bonds is 2. The van der Waals surface area contributed by atoms with Gasteiger partial charge in [0.25, 0.3) is 0 Å². The monoisotopic (exact) mass is 352 g/mol. The SMILES string of the molecule is CN1CCCCC[C@@H]2[C@@H]1[C@H](c1ccccc1)CN2C(=O)C1CC12CCC2. The van der Waals surface area contributed by atoms with E-state index in [-0.39, 0.29) is 0 Å². The molecule has 2 heterocycles. The lowest BCUT2D eigenvalue weighted by atomic mass is 9.79. The number of benzene rings is 1. The molecule has 2 aliphatic carbocycles. The Labute approximate surface area is 157 Å². The molecular weight excluding hydrogens is 320 g/mol. The molecule has 1 aromatic rings. The minimum atomic E-state index is 0.349. The molecule has 1 spiro atoms. The maximum absolute atomic E-state index is 13.5. The number of fused-ring (bicyclic) bond motifs is 1. The van der Waals surface area contributed by atoms with Crippen molar-refractivity contribution < 1.29 is 4.79 Å². The van der Waals surface area contributed by atoms with Gasteiger partial charge < -0.3 is 9.80 Å². The first-order chi connectivity index (χ1) is 12.7. The fraction of sp³-hybridized carbons (Fsp3) is 0.696. The van der Waals surface area contributed by atoms with Crippen LogP contribution in [-0.4, -0.2) is 47.9 Å². The molecule has 0 bridgehead atoms. The van der Waals surface area contributed by atoms with E-state index in [9.17, 15) is 4.79 Å². The van der Waals surface area contributed by atoms with Crippen LogP contribution in [0.5, 0.6) is 0 Å². The Hall–Kier alpha value is -1.35. The van der Waals surface area contributed by atoms with Gasteiger partial charge in [0, 0.05) is 30.5 Å². The van der Waals surface area contributed by atoms with Crippen molar-refractivity contribution in [2.75, 3.05) is 20.1 Å². The molecule has 5 rings (SSSR count). The zero-order chi connectivity index (χ0) is 17.7. The predicted octanol–water partition coefficient (Wildman–Crippen LogP) is 4.05. The van der Waals surface area contributed by atoms with E-state index in [1.165, 1.54) is 63.5 Å². The lowest BCUT2D eigenvalue weighted by Crippen LogP contribution is -2.48. The minimum absolute atomic E-state index is 0.349. The second kappa shape index (κ2) is 6.37. The summed E-state index contributed by atoms with van der Waals surface area (Å²) in [6.07, 6.45) is 10.2. The van der Waals surface area contributed by atoms with Crippen molar-refractivity contribution in [2.45, 2.75) is 69.4 Å². The molecule has 3 nitrogen and oxygen atoms in total. The highest BCUT2D eigenvalue weighted by atomic mass is 16.2. The molecule has 3 heteroatoms. The third kappa shape index (κ3) is 2.62. The quantitative estimate of drug-likeness (QED) is 0.802. The zero-order valence-corrected chi connectivity index (χ0v) is 16.1. The Kier molecular flexibility index (Phi) is 4.11. The molecule has 4 aliphatic rings. The van der Waals surface area contributed by atoms with Gasteiger partial charge in [-0.3, -0.25) is 4.79 Å². The Morgan fingerprint density at radius 3 is 2.58 bits per heavy atom. The molecule has 2 saturated heterocycles. The highest BCUT2D eigenvalue weighted by Gasteiger charge is 2.63. The normalized spacial score (nSPS) is 36.1. The smallest absolute Gasteiger partial charge is 0.226 e. The van der Waals surface area contributed by atoms with Crippen molar-refractivity contribution in [3.8, 4) is 0 Å². The van der Waals surface area contributed by atoms with E-state index >= 15 is 0 Å². The van der Waals surface area contributed by atoms with Gasteiger partial charge >= 0.3 is 0 Å². The van der Waals surface area contributed by atoms with Crippen LogP contribution < -0.4 is 0 Å². The number of likely N-dealkylation sites (tertiary alicyclic amines) is 2. The molecule has 0 radical (unpaired) electrons. The number of likely N-dealkylation sites (N-methyl/N-ethyl adjacent to an activating group) is 1. The summed E-state index contributed by atoms with van der Waals surface area (Å²) < 4.78 is 0. The number of hydrogen-bond acceptors (Lipinski definition) is 2. The number of nitrogens with zero attached hydrogens (tertiary/aromatic N) is 2. The van der Waals surface area contributed by atoms with Crippen LogP contribution in [0.2, 0.25) is 0 Å². The first kappa shape index (κ1) is 16.8. The van der Waals surface area contributed by atoms with E-state index < -0.39 is 0 Å². The number of carbonyl (C=O) groups excluding carboxylic acids is 1. The first-order valence-electron chi connectivity index (χ1n) is 10.8. The number of amides is 1. The average molecular weight is 353 g/mol. The topological polar surface area (TPSA) is 23.6 Å². The average Bonchev–Trinajstić information content (AvgIpc) is 3.29. The van der Waals surface area contributed by atoms with E-state index in [0.29, 0.717) is 35.2 Å². The molecule has 2 saturated carbocycles. The van der Waals surface area contributed by atoms with Crippen molar-refractivity contribution in [1.82, 2.24) is 9.80 Å². The molecule has 4 atom stereocenters. The van der Waals surface area contributed by atoms with Crippen LogP contribution in [0.15, 0.2) is 30.3 Å². The van der Waals surface area contributed by atoms with Gasteiger partial charge in [-0.15, -0.1) is 0 Å². The fourth-order valence-electron chi connectivity index (χ4n) is 6.21. The lowest BCUT2D eigenvalue weighted by molar-refractivity contribution is -0.135. The molecule has 0 aromatic heterocycles. The summed E-state index contributed by atoms with van der Waals surface area (Å²) in [4.78, 5) is 18.4. The van der Waals surface area contributed by atoms with Gasteiger partial charge in [0.1, 0.15) is 0 Å². The summed E-state index contributed by atoms with van der Waals surface area (Å²) in [7, 11) is 2.29. The van der Waals surface area contributed by atoms with Crippen molar-refractivity contribution in [3.63, 3.8) is 0 Å². The zero-order valence-electron chi connectivity index (χ0n) is 16.1. The Balaban J connectivity index is 1.44. The maximum atomic E-state index is 13.5. The third-order valence-electron chi connectivity index (χ3n) is 7.97. The van der Waals surface area contributed by atoms with Crippen LogP contribution in [-0.2, 0) is 4.79 Å². The molecule has 0 N–H and O–H groups in total. The van der Waals surface area contributed by atoms with E-state index in [1.807, 2.05) is 0 Å². The van der Waals surface area contributed by atoms with E-state index in [1.54, 1.807) is 0 Å². The summed E-state index contributed by atoms with van der Waals surface area (Å²) in [5.74, 6) is 1.30. The molecule has 2 aliphatic heterocycles. The molecular formula is C23H32N2O. The van der Waals surface area contributed by atoms with Gasteiger partial charge in [-0.1, -0.05) is 49.6 Å². The van der Waals surface area contributed by atoms with Crippen molar-refractivity contribution in [1.29, 1.82) is 0 Å². The molecule has 1 unspecified atom stereocenters. The van der Waals surface area contributed by atoms with Crippen molar-refractivity contribution >= 4 is 5.91 Å². The van der Waals surface area contributed by atoms with Crippen LogP contribution in [0.3, 0.4) is 0 Å². The van der Waals surface area contributed by atoms with E-state index in [4.69, 9.17) is 0 Å². The predicted molar refractivity (Wildman–Crippen MR) is 104 cm³/mol. The van der Waals surface area contributed by atoms with Crippen molar-refractivity contribution in [3.05, 3.63) is 35.9 Å². The minimum Gasteiger partial charge on any atom is -0.337 e. The summed E-state index contributed by atoms with van der Waals surface area (Å²) in [6, 6.07) is 11.9. The number of carbonyl (C=O) groups is 1. The summed E-state index contributed by atoms with van der Waals surface area (Å²) in [5.41, 5.74) is 1.85. The van der Waals surface area contributed by atoms with Crippen LogP contribution >= 0.6 is 0 Å². The van der Waals surface area contributed by atoms with Crippen LogP contribution in [0.1, 0.15) is 62.8 Å². The van der Waals surface area contributed by atoms with E-state index in [0.717, 1.165) is 6.54 Å². The summed E-state index contributed by atoms with van der Waals surface area (Å²) >= 11 is 0. The Bertz CT molecular complexity index is 668. The number of hydrogen-bond donors (Lipinski definition) is 0. The largest absolute Gasteiger partial charge is 0.337 e. The molecule has 4 fully saturated rings. The van der Waals surface area contributed by atoms with Gasteiger partial charge in [0.05, 0.1) is 0 Å². The summed E-state index contributed by atoms with van der Waals surface area (Å²) in [5, 5.41) is 0. The van der Waals surface area contributed by atoms with Gasteiger partial charge in [0.2, 0.25) is 5.91 Å². The molecule has 1 amide bonds. The highest BCUT2D eigenvalue weighted by Crippen LogP contribution is 2.66. The first-order valence-corrected chi connectivity index (χ1v) is 10.8. The van der Waals surface area contributed by atoms with Crippen molar-refractivity contribution in [2.24, 2.45) is 11.3 Å². The van der Waals surface area contributed by atoms with Gasteiger partial charge in [-0.2, -0.15) is 0 Å². The molecule has 26 heavy (non-hydrogen) atoms. The molecule has 1 aromatic carbocycles. The van der Waals surface area contributed by atoms with Gasteiger partial charge in [-0.25, -0.2) is 0 Å². The second-order valence-corrected chi connectivity index (χ2v) is 9.37. The summed E-state index contributed by atoms with van der Waals surface area (Å²) in [6.45, 7) is 2.09. The van der Waals surface area contributed by atoms with Crippen LogP contribution in [0.25, 0.3) is 0 Å². The van der Waals surface area contributed by atoms with Gasteiger partial charge in [0.15, 0.2) is 0 Å². The fourth-order valence-corrected chi connectivity index (χ4v) is 6.21. The Morgan fingerprint density at radius 1 is 1.08 bits per heavy atom. The maximum Gasteiger partial charge on any atom is 0.226 e. The second-order valence-electron chi connectivity index (χ2n) is 9.37. The van der Waals surface area contributed by atoms with E-state index in [2.05, 4.69) is 47.2 Å². The third-order valence-corrected chi connectivity index (χ3v) is 7.97. The molecule has 140 valence electrons. The lowest BCUT2D eigenvalue weighted by Gasteiger charge is -2.37.